The molecule has 0 saturated carbocycles. The molecule has 0 spiro atoms. The zero-order chi connectivity index (χ0) is 18.6. The van der Waals surface area contributed by atoms with Gasteiger partial charge in [0, 0.05) is 24.4 Å². The Morgan fingerprint density at radius 2 is 1.81 bits per heavy atom. The number of aliphatic imine (C=N–C) groups is 1. The van der Waals surface area contributed by atoms with Crippen LogP contribution in [-0.2, 0) is 0 Å². The summed E-state index contributed by atoms with van der Waals surface area (Å²) in [5, 5.41) is 0. The second-order valence-electron chi connectivity index (χ2n) is 7.44. The molecule has 1 heterocycles. The molecule has 0 aromatic heterocycles. The summed E-state index contributed by atoms with van der Waals surface area (Å²) in [7, 11) is 0. The van der Waals surface area contributed by atoms with E-state index in [0.29, 0.717) is 0 Å². The highest BCUT2D eigenvalue weighted by molar-refractivity contribution is 5.95. The average molecular weight is 358 g/mol. The van der Waals surface area contributed by atoms with Crippen molar-refractivity contribution in [2.24, 2.45) is 4.99 Å². The molecule has 0 bridgehead atoms. The summed E-state index contributed by atoms with van der Waals surface area (Å²) in [5.41, 5.74) is 5.93. The molecule has 2 aromatic rings. The summed E-state index contributed by atoms with van der Waals surface area (Å²) in [6.07, 6.45) is 6.07. The molecule has 3 nitrogen and oxygen atoms in total. The Bertz CT molecular complexity index is 865. The Balaban J connectivity index is 1.53. The Labute approximate surface area is 161 Å². The molecule has 1 unspecified atom stereocenters. The predicted molar refractivity (Wildman–Crippen MR) is 111 cm³/mol. The van der Waals surface area contributed by atoms with Crippen LogP contribution in [0.1, 0.15) is 43.0 Å². The number of carbonyl (C=O) groups excluding carboxylic acids is 1. The number of nitrogens with zero attached hydrogens (tertiary/aromatic N) is 2. The molecule has 1 aliphatic heterocycles. The smallest absolute Gasteiger partial charge is 0.254 e. The fraction of sp³-hybridized carbons (Fsp3) is 0.333. The van der Waals surface area contributed by atoms with Gasteiger partial charge in [-0.25, -0.2) is 0 Å². The van der Waals surface area contributed by atoms with Gasteiger partial charge in [0.2, 0.25) is 0 Å². The van der Waals surface area contributed by atoms with Crippen molar-refractivity contribution in [1.29, 1.82) is 0 Å². The maximum absolute atomic E-state index is 13.3. The number of amides is 1. The van der Waals surface area contributed by atoms with Crippen LogP contribution in [0.4, 0.5) is 0 Å². The standard InChI is InChI=1S/C24H26N2O/c1-2-14-26(23-13-12-21-16-25-17-22(21)15-23)24(27)20-10-8-19(9-11-20)18-6-4-3-5-7-18/h3-11,17,23H,2,12-16H2,1H3. The summed E-state index contributed by atoms with van der Waals surface area (Å²) in [6.45, 7) is 3.82. The van der Waals surface area contributed by atoms with Gasteiger partial charge in [-0.15, -0.1) is 0 Å². The minimum atomic E-state index is 0.153. The third-order valence-corrected chi connectivity index (χ3v) is 5.62. The van der Waals surface area contributed by atoms with Crippen LogP contribution in [0.15, 0.2) is 70.7 Å². The van der Waals surface area contributed by atoms with Crippen molar-refractivity contribution in [3.8, 4) is 11.1 Å². The van der Waals surface area contributed by atoms with Gasteiger partial charge in [0.1, 0.15) is 0 Å². The highest BCUT2D eigenvalue weighted by Crippen LogP contribution is 2.31. The van der Waals surface area contributed by atoms with Crippen LogP contribution < -0.4 is 0 Å². The zero-order valence-corrected chi connectivity index (χ0v) is 15.9. The quantitative estimate of drug-likeness (QED) is 0.728. The Morgan fingerprint density at radius 1 is 1.07 bits per heavy atom. The number of carbonyl (C=O) groups is 1. The number of benzene rings is 2. The van der Waals surface area contributed by atoms with Crippen molar-refractivity contribution < 1.29 is 4.79 Å². The summed E-state index contributed by atoms with van der Waals surface area (Å²) in [5.74, 6) is 0.153. The van der Waals surface area contributed by atoms with Crippen LogP contribution >= 0.6 is 0 Å². The van der Waals surface area contributed by atoms with Crippen LogP contribution in [0.25, 0.3) is 11.1 Å². The van der Waals surface area contributed by atoms with Gasteiger partial charge in [-0.1, -0.05) is 49.4 Å². The topological polar surface area (TPSA) is 32.7 Å². The van der Waals surface area contributed by atoms with Crippen LogP contribution in [0.3, 0.4) is 0 Å². The van der Waals surface area contributed by atoms with Gasteiger partial charge >= 0.3 is 0 Å². The average Bonchev–Trinajstić information content (AvgIpc) is 3.20. The Hall–Kier alpha value is -2.68. The first kappa shape index (κ1) is 17.7. The van der Waals surface area contributed by atoms with Crippen molar-refractivity contribution >= 4 is 12.1 Å². The van der Waals surface area contributed by atoms with Crippen molar-refractivity contribution in [2.75, 3.05) is 13.1 Å². The maximum atomic E-state index is 13.3. The summed E-state index contributed by atoms with van der Waals surface area (Å²) in [6, 6.07) is 18.6. The van der Waals surface area contributed by atoms with E-state index in [-0.39, 0.29) is 11.9 Å². The number of rotatable bonds is 5. The first-order valence-corrected chi connectivity index (χ1v) is 9.93. The molecule has 0 saturated heterocycles. The first-order valence-electron chi connectivity index (χ1n) is 9.93. The van der Waals surface area contributed by atoms with Crippen LogP contribution in [-0.4, -0.2) is 36.2 Å². The molecule has 0 N–H and O–H groups in total. The molecule has 2 aromatic carbocycles. The lowest BCUT2D eigenvalue weighted by atomic mass is 9.88. The second-order valence-corrected chi connectivity index (χ2v) is 7.44. The summed E-state index contributed by atoms with van der Waals surface area (Å²) >= 11 is 0. The van der Waals surface area contributed by atoms with Crippen molar-refractivity contribution in [3.63, 3.8) is 0 Å². The molecule has 0 radical (unpaired) electrons. The molecule has 4 rings (SSSR count). The summed E-state index contributed by atoms with van der Waals surface area (Å²) < 4.78 is 0. The molecular weight excluding hydrogens is 332 g/mol. The molecule has 3 heteroatoms. The zero-order valence-electron chi connectivity index (χ0n) is 15.9. The predicted octanol–water partition coefficient (Wildman–Crippen LogP) is 5.14. The van der Waals surface area contributed by atoms with Gasteiger partial charge < -0.3 is 4.90 Å². The molecule has 1 amide bonds. The Kier molecular flexibility index (Phi) is 5.19. The fourth-order valence-corrected chi connectivity index (χ4v) is 4.15. The van der Waals surface area contributed by atoms with Gasteiger partial charge in [-0.2, -0.15) is 0 Å². The highest BCUT2D eigenvalue weighted by atomic mass is 16.2. The molecule has 1 aliphatic carbocycles. The van der Waals surface area contributed by atoms with Gasteiger partial charge in [0.25, 0.3) is 5.91 Å². The lowest BCUT2D eigenvalue weighted by Gasteiger charge is -2.34. The molecule has 2 aliphatic rings. The lowest BCUT2D eigenvalue weighted by molar-refractivity contribution is 0.0664. The number of hydrogen-bond acceptors (Lipinski definition) is 2. The van der Waals surface area contributed by atoms with E-state index in [2.05, 4.69) is 41.1 Å². The third kappa shape index (κ3) is 3.73. The van der Waals surface area contributed by atoms with E-state index in [9.17, 15) is 4.79 Å². The normalized spacial score (nSPS) is 18.5. The van der Waals surface area contributed by atoms with E-state index in [1.807, 2.05) is 36.5 Å². The van der Waals surface area contributed by atoms with E-state index >= 15 is 0 Å². The number of hydrogen-bond donors (Lipinski definition) is 0. The van der Waals surface area contributed by atoms with E-state index in [1.165, 1.54) is 16.7 Å². The fourth-order valence-electron chi connectivity index (χ4n) is 4.15. The largest absolute Gasteiger partial charge is 0.335 e. The van der Waals surface area contributed by atoms with E-state index in [1.54, 1.807) is 0 Å². The van der Waals surface area contributed by atoms with Crippen LogP contribution in [0.2, 0.25) is 0 Å². The highest BCUT2D eigenvalue weighted by Gasteiger charge is 2.29. The minimum absolute atomic E-state index is 0.153. The SMILES string of the molecule is CCCN(C(=O)c1ccc(-c2ccccc2)cc1)C1CCC2=C(C=NC2)C1. The molecular formula is C24H26N2O. The third-order valence-electron chi connectivity index (χ3n) is 5.62. The van der Waals surface area contributed by atoms with Crippen LogP contribution in [0.5, 0.6) is 0 Å². The molecule has 27 heavy (non-hydrogen) atoms. The maximum Gasteiger partial charge on any atom is 0.254 e. The second kappa shape index (κ2) is 7.91. The first-order chi connectivity index (χ1) is 13.3. The summed E-state index contributed by atoms with van der Waals surface area (Å²) in [4.78, 5) is 19.7. The van der Waals surface area contributed by atoms with Crippen molar-refractivity contribution in [3.05, 3.63) is 71.3 Å². The van der Waals surface area contributed by atoms with E-state index in [4.69, 9.17) is 0 Å². The molecule has 138 valence electrons. The van der Waals surface area contributed by atoms with E-state index in [0.717, 1.165) is 49.9 Å². The van der Waals surface area contributed by atoms with Gasteiger partial charge in [0.15, 0.2) is 0 Å². The van der Waals surface area contributed by atoms with Crippen molar-refractivity contribution in [1.82, 2.24) is 4.90 Å². The Morgan fingerprint density at radius 3 is 2.56 bits per heavy atom. The molecule has 1 atom stereocenters. The molecule has 0 fully saturated rings. The van der Waals surface area contributed by atoms with Gasteiger partial charge in [0.05, 0.1) is 6.54 Å². The monoisotopic (exact) mass is 358 g/mol. The van der Waals surface area contributed by atoms with E-state index < -0.39 is 0 Å². The van der Waals surface area contributed by atoms with Crippen molar-refractivity contribution in [2.45, 2.75) is 38.6 Å². The van der Waals surface area contributed by atoms with Crippen LogP contribution in [0, 0.1) is 0 Å². The lowest BCUT2D eigenvalue weighted by Crippen LogP contribution is -2.42. The van der Waals surface area contributed by atoms with Gasteiger partial charge in [-0.3, -0.25) is 9.79 Å². The van der Waals surface area contributed by atoms with Gasteiger partial charge in [-0.05, 0) is 60.1 Å². The minimum Gasteiger partial charge on any atom is -0.335 e.